The van der Waals surface area contributed by atoms with Gasteiger partial charge in [0, 0.05) is 42.1 Å². The molecule has 2 aromatic carbocycles. The van der Waals surface area contributed by atoms with E-state index in [0.717, 1.165) is 49.9 Å². The molecule has 2 aliphatic rings. The zero-order valence-corrected chi connectivity index (χ0v) is 18.3. The summed E-state index contributed by atoms with van der Waals surface area (Å²) in [6, 6.07) is 12.3. The molecular formula is C23H25Cl2N5. The van der Waals surface area contributed by atoms with Gasteiger partial charge < -0.3 is 20.5 Å². The summed E-state index contributed by atoms with van der Waals surface area (Å²) in [6.45, 7) is 3.55. The van der Waals surface area contributed by atoms with E-state index in [1.54, 1.807) is 0 Å². The van der Waals surface area contributed by atoms with Crippen molar-refractivity contribution in [1.82, 2.24) is 15.2 Å². The lowest BCUT2D eigenvalue weighted by Gasteiger charge is -2.16. The molecular weight excluding hydrogens is 417 g/mol. The van der Waals surface area contributed by atoms with Gasteiger partial charge in [-0.3, -0.25) is 4.99 Å². The summed E-state index contributed by atoms with van der Waals surface area (Å²) in [5.41, 5.74) is 6.28. The average molecular weight is 442 g/mol. The summed E-state index contributed by atoms with van der Waals surface area (Å²) in [5.74, 6) is 0.919. The van der Waals surface area contributed by atoms with Crippen molar-refractivity contribution in [1.29, 1.82) is 0 Å². The molecule has 0 atom stereocenters. The Hall–Kier alpha value is -2.37. The molecule has 0 saturated carbocycles. The second-order valence-electron chi connectivity index (χ2n) is 7.85. The van der Waals surface area contributed by atoms with Crippen LogP contribution in [0.3, 0.4) is 0 Å². The van der Waals surface area contributed by atoms with Gasteiger partial charge in [0.25, 0.3) is 0 Å². The van der Waals surface area contributed by atoms with Crippen molar-refractivity contribution < 1.29 is 0 Å². The molecule has 0 unspecified atom stereocenters. The number of aromatic nitrogens is 1. The van der Waals surface area contributed by atoms with Gasteiger partial charge in [-0.05, 0) is 61.6 Å². The minimum Gasteiger partial charge on any atom is -0.355 e. The standard InChI is InChI=1S/C23H25Cl2N5/c24-19-8-6-15(13-20(19)25)29-16-5-7-18-17-3-1-2-4-21(17)30(22(18)14-16)12-11-28-23-26-9-10-27-23/h5-8,13-14,29H,1-4,9-12H2,(H2,26,27,28). The Bertz CT molecular complexity index is 1120. The highest BCUT2D eigenvalue weighted by molar-refractivity contribution is 6.42. The first-order valence-corrected chi connectivity index (χ1v) is 11.3. The van der Waals surface area contributed by atoms with E-state index >= 15 is 0 Å². The third-order valence-corrected chi connectivity index (χ3v) is 6.63. The van der Waals surface area contributed by atoms with Crippen molar-refractivity contribution in [2.24, 2.45) is 4.99 Å². The molecule has 0 fully saturated rings. The highest BCUT2D eigenvalue weighted by atomic mass is 35.5. The number of hydrogen-bond acceptors (Lipinski definition) is 4. The van der Waals surface area contributed by atoms with E-state index in [2.05, 4.69) is 43.7 Å². The first-order chi connectivity index (χ1) is 14.7. The smallest absolute Gasteiger partial charge is 0.191 e. The number of nitrogens with zero attached hydrogens (tertiary/aromatic N) is 2. The Morgan fingerprint density at radius 3 is 2.67 bits per heavy atom. The zero-order valence-electron chi connectivity index (χ0n) is 16.8. The fourth-order valence-electron chi connectivity index (χ4n) is 4.51. The summed E-state index contributed by atoms with van der Waals surface area (Å²) in [4.78, 5) is 4.43. The zero-order chi connectivity index (χ0) is 20.5. The molecule has 30 heavy (non-hydrogen) atoms. The van der Waals surface area contributed by atoms with Crippen LogP contribution in [0.15, 0.2) is 41.4 Å². The number of rotatable bonds is 5. The van der Waals surface area contributed by atoms with E-state index in [9.17, 15) is 0 Å². The maximum absolute atomic E-state index is 6.18. The lowest BCUT2D eigenvalue weighted by molar-refractivity contribution is 0.605. The Kier molecular flexibility index (Phi) is 5.48. The normalized spacial score (nSPS) is 15.6. The molecule has 0 radical (unpaired) electrons. The number of aliphatic imine (C=N–C) groups is 1. The second kappa shape index (κ2) is 8.40. The van der Waals surface area contributed by atoms with Crippen molar-refractivity contribution in [3.05, 3.63) is 57.7 Å². The molecule has 0 saturated heterocycles. The minimum atomic E-state index is 0.552. The van der Waals surface area contributed by atoms with E-state index in [1.165, 1.54) is 41.4 Å². The number of nitrogens with one attached hydrogen (secondary N) is 3. The van der Waals surface area contributed by atoms with E-state index < -0.39 is 0 Å². The first kappa shape index (κ1) is 19.6. The van der Waals surface area contributed by atoms with Crippen LogP contribution in [0.2, 0.25) is 10.0 Å². The number of guanidine groups is 1. The number of hydrogen-bond donors (Lipinski definition) is 3. The number of fused-ring (bicyclic) bond motifs is 3. The predicted octanol–water partition coefficient (Wildman–Crippen LogP) is 5.12. The Balaban J connectivity index is 1.45. The number of halogens is 2. The molecule has 3 aromatic rings. The van der Waals surface area contributed by atoms with Crippen LogP contribution in [0.4, 0.5) is 11.4 Å². The molecule has 1 aromatic heterocycles. The predicted molar refractivity (Wildman–Crippen MR) is 127 cm³/mol. The van der Waals surface area contributed by atoms with E-state index in [4.69, 9.17) is 23.2 Å². The molecule has 5 nitrogen and oxygen atoms in total. The largest absolute Gasteiger partial charge is 0.355 e. The van der Waals surface area contributed by atoms with Crippen molar-refractivity contribution in [2.75, 3.05) is 25.0 Å². The molecule has 1 aliphatic heterocycles. The molecule has 1 aliphatic carbocycles. The minimum absolute atomic E-state index is 0.552. The van der Waals surface area contributed by atoms with Crippen LogP contribution in [0, 0.1) is 0 Å². The maximum Gasteiger partial charge on any atom is 0.191 e. The number of anilines is 2. The van der Waals surface area contributed by atoms with Gasteiger partial charge in [-0.15, -0.1) is 0 Å². The highest BCUT2D eigenvalue weighted by Crippen LogP contribution is 2.34. The lowest BCUT2D eigenvalue weighted by atomic mass is 9.95. The monoisotopic (exact) mass is 441 g/mol. The number of benzene rings is 2. The summed E-state index contributed by atoms with van der Waals surface area (Å²) < 4.78 is 2.49. The Morgan fingerprint density at radius 2 is 1.83 bits per heavy atom. The van der Waals surface area contributed by atoms with Crippen molar-refractivity contribution in [2.45, 2.75) is 32.2 Å². The van der Waals surface area contributed by atoms with Crippen molar-refractivity contribution in [3.63, 3.8) is 0 Å². The third-order valence-electron chi connectivity index (χ3n) is 5.89. The van der Waals surface area contributed by atoms with Crippen LogP contribution in [-0.4, -0.2) is 30.2 Å². The van der Waals surface area contributed by atoms with Gasteiger partial charge in [0.1, 0.15) is 0 Å². The van der Waals surface area contributed by atoms with Gasteiger partial charge in [0.2, 0.25) is 0 Å². The van der Waals surface area contributed by atoms with Crippen LogP contribution >= 0.6 is 23.2 Å². The van der Waals surface area contributed by atoms with Crippen LogP contribution < -0.4 is 16.0 Å². The highest BCUT2D eigenvalue weighted by Gasteiger charge is 2.20. The van der Waals surface area contributed by atoms with Crippen LogP contribution in [-0.2, 0) is 19.4 Å². The Labute approximate surface area is 186 Å². The summed E-state index contributed by atoms with van der Waals surface area (Å²) in [5, 5.41) is 12.7. The van der Waals surface area contributed by atoms with Crippen LogP contribution in [0.5, 0.6) is 0 Å². The van der Waals surface area contributed by atoms with Gasteiger partial charge >= 0.3 is 0 Å². The molecule has 0 spiro atoms. The third kappa shape index (κ3) is 3.84. The first-order valence-electron chi connectivity index (χ1n) is 10.6. The molecule has 2 heterocycles. The SMILES string of the molecule is Clc1ccc(Nc2ccc3c4c(n(CCNC5=NCCN5)c3c2)CCCC4)cc1Cl. The fraction of sp³-hybridized carbons (Fsp3) is 0.348. The van der Waals surface area contributed by atoms with Crippen LogP contribution in [0.25, 0.3) is 10.9 Å². The molecule has 0 amide bonds. The maximum atomic E-state index is 6.18. The fourth-order valence-corrected chi connectivity index (χ4v) is 4.81. The van der Waals surface area contributed by atoms with Gasteiger partial charge in [-0.2, -0.15) is 0 Å². The van der Waals surface area contributed by atoms with Gasteiger partial charge in [0.05, 0.1) is 22.1 Å². The summed E-state index contributed by atoms with van der Waals surface area (Å²) in [6.07, 6.45) is 4.85. The molecule has 7 heteroatoms. The van der Waals surface area contributed by atoms with E-state index in [0.29, 0.717) is 10.0 Å². The molecule has 0 bridgehead atoms. The summed E-state index contributed by atoms with van der Waals surface area (Å²) in [7, 11) is 0. The van der Waals surface area contributed by atoms with E-state index in [-0.39, 0.29) is 0 Å². The molecule has 5 rings (SSSR count). The number of aryl methyl sites for hydroxylation is 1. The van der Waals surface area contributed by atoms with Gasteiger partial charge in [-0.1, -0.05) is 29.3 Å². The second-order valence-corrected chi connectivity index (χ2v) is 8.67. The van der Waals surface area contributed by atoms with E-state index in [1.807, 2.05) is 18.2 Å². The average Bonchev–Trinajstić information content (AvgIpc) is 3.38. The summed E-state index contributed by atoms with van der Waals surface area (Å²) >= 11 is 12.2. The van der Waals surface area contributed by atoms with Gasteiger partial charge in [-0.25, -0.2) is 0 Å². The molecule has 156 valence electrons. The van der Waals surface area contributed by atoms with Crippen LogP contribution in [0.1, 0.15) is 24.1 Å². The topological polar surface area (TPSA) is 53.4 Å². The molecule has 3 N–H and O–H groups in total. The quantitative estimate of drug-likeness (QED) is 0.514. The lowest BCUT2D eigenvalue weighted by Crippen LogP contribution is -2.35. The van der Waals surface area contributed by atoms with Crippen molar-refractivity contribution in [3.8, 4) is 0 Å². The van der Waals surface area contributed by atoms with Crippen molar-refractivity contribution >= 4 is 51.4 Å². The Morgan fingerprint density at radius 1 is 1.00 bits per heavy atom. The van der Waals surface area contributed by atoms with Gasteiger partial charge in [0.15, 0.2) is 5.96 Å².